The van der Waals surface area contributed by atoms with Crippen LogP contribution in [-0.2, 0) is 21.2 Å². The number of carbonyl (C=O) groups excluding carboxylic acids is 1. The van der Waals surface area contributed by atoms with Crippen LogP contribution >= 0.6 is 0 Å². The van der Waals surface area contributed by atoms with Gasteiger partial charge in [0.2, 0.25) is 15.9 Å². The van der Waals surface area contributed by atoms with E-state index >= 15 is 0 Å². The number of anilines is 1. The van der Waals surface area contributed by atoms with Crippen LogP contribution in [0.5, 0.6) is 0 Å². The second kappa shape index (κ2) is 7.97. The molecule has 0 spiro atoms. The molecule has 0 saturated carbocycles. The van der Waals surface area contributed by atoms with Crippen molar-refractivity contribution in [3.05, 3.63) is 65.7 Å². The SMILES string of the molecule is Cc1cccc(CC(=O)NCCN(c2ccccc2)S(C)(=O)=O)c1. The molecule has 0 aromatic heterocycles. The molecule has 0 aliphatic carbocycles. The number of sulfonamides is 1. The minimum atomic E-state index is -3.40. The lowest BCUT2D eigenvalue weighted by molar-refractivity contribution is -0.120. The molecule has 128 valence electrons. The summed E-state index contributed by atoms with van der Waals surface area (Å²) in [4.78, 5) is 12.0. The number of amides is 1. The van der Waals surface area contributed by atoms with Crippen molar-refractivity contribution in [3.8, 4) is 0 Å². The second-order valence-electron chi connectivity index (χ2n) is 5.69. The monoisotopic (exact) mass is 346 g/mol. The number of benzene rings is 2. The minimum absolute atomic E-state index is 0.123. The summed E-state index contributed by atoms with van der Waals surface area (Å²) >= 11 is 0. The molecular weight excluding hydrogens is 324 g/mol. The minimum Gasteiger partial charge on any atom is -0.354 e. The van der Waals surface area contributed by atoms with Gasteiger partial charge in [-0.2, -0.15) is 0 Å². The first-order chi connectivity index (χ1) is 11.4. The van der Waals surface area contributed by atoms with Gasteiger partial charge in [-0.25, -0.2) is 8.42 Å². The molecule has 24 heavy (non-hydrogen) atoms. The fraction of sp³-hybridized carbons (Fsp3) is 0.278. The van der Waals surface area contributed by atoms with Gasteiger partial charge >= 0.3 is 0 Å². The maximum atomic E-state index is 12.0. The summed E-state index contributed by atoms with van der Waals surface area (Å²) < 4.78 is 25.2. The molecule has 6 heteroatoms. The van der Waals surface area contributed by atoms with Crippen LogP contribution < -0.4 is 9.62 Å². The van der Waals surface area contributed by atoms with Crippen LogP contribution in [-0.4, -0.2) is 33.7 Å². The van der Waals surface area contributed by atoms with Crippen LogP contribution in [0.4, 0.5) is 5.69 Å². The van der Waals surface area contributed by atoms with Gasteiger partial charge in [0.05, 0.1) is 24.9 Å². The molecule has 2 aromatic carbocycles. The predicted octanol–water partition coefficient (Wildman–Crippen LogP) is 2.12. The standard InChI is InChI=1S/C18H22N2O3S/c1-15-7-6-8-16(13-15)14-18(21)19-11-12-20(24(2,22)23)17-9-4-3-5-10-17/h3-10,13H,11-12,14H2,1-2H3,(H,19,21). The van der Waals surface area contributed by atoms with Crippen LogP contribution in [0.1, 0.15) is 11.1 Å². The van der Waals surface area contributed by atoms with E-state index in [2.05, 4.69) is 5.32 Å². The van der Waals surface area contributed by atoms with Crippen molar-refractivity contribution in [2.45, 2.75) is 13.3 Å². The highest BCUT2D eigenvalue weighted by atomic mass is 32.2. The molecule has 1 N–H and O–H groups in total. The van der Waals surface area contributed by atoms with Crippen molar-refractivity contribution in [1.29, 1.82) is 0 Å². The third-order valence-corrected chi connectivity index (χ3v) is 4.72. The van der Waals surface area contributed by atoms with Gasteiger partial charge in [0.15, 0.2) is 0 Å². The fourth-order valence-electron chi connectivity index (χ4n) is 2.45. The van der Waals surface area contributed by atoms with Crippen molar-refractivity contribution in [2.24, 2.45) is 0 Å². The quantitative estimate of drug-likeness (QED) is 0.835. The van der Waals surface area contributed by atoms with Crippen molar-refractivity contribution in [2.75, 3.05) is 23.7 Å². The van der Waals surface area contributed by atoms with Gasteiger partial charge in [0.1, 0.15) is 0 Å². The second-order valence-corrected chi connectivity index (χ2v) is 7.59. The third kappa shape index (κ3) is 5.38. The molecular formula is C18H22N2O3S. The molecule has 0 bridgehead atoms. The summed E-state index contributed by atoms with van der Waals surface area (Å²) in [5.41, 5.74) is 2.64. The fourth-order valence-corrected chi connectivity index (χ4v) is 3.38. The van der Waals surface area contributed by atoms with E-state index in [0.29, 0.717) is 5.69 Å². The Hall–Kier alpha value is -2.34. The van der Waals surface area contributed by atoms with Crippen LogP contribution in [0.3, 0.4) is 0 Å². The number of para-hydroxylation sites is 1. The molecule has 1 amide bonds. The Labute approximate surface area is 143 Å². The normalized spacial score (nSPS) is 11.1. The van der Waals surface area contributed by atoms with Gasteiger partial charge < -0.3 is 5.32 Å². The number of nitrogens with zero attached hydrogens (tertiary/aromatic N) is 1. The lowest BCUT2D eigenvalue weighted by Crippen LogP contribution is -2.38. The summed E-state index contributed by atoms with van der Waals surface area (Å²) in [6, 6.07) is 16.6. The summed E-state index contributed by atoms with van der Waals surface area (Å²) in [5.74, 6) is -0.123. The Kier molecular flexibility index (Phi) is 5.98. The summed E-state index contributed by atoms with van der Waals surface area (Å²) in [5, 5.41) is 2.78. The van der Waals surface area contributed by atoms with E-state index in [1.165, 1.54) is 4.31 Å². The van der Waals surface area contributed by atoms with E-state index in [1.54, 1.807) is 24.3 Å². The van der Waals surface area contributed by atoms with Crippen molar-refractivity contribution < 1.29 is 13.2 Å². The maximum Gasteiger partial charge on any atom is 0.232 e. The summed E-state index contributed by atoms with van der Waals surface area (Å²) in [7, 11) is -3.40. The molecule has 0 radical (unpaired) electrons. The Morgan fingerprint density at radius 2 is 1.79 bits per heavy atom. The number of carbonyl (C=O) groups is 1. The first kappa shape index (κ1) is 18.0. The Bertz CT molecular complexity index is 789. The average Bonchev–Trinajstić information content (AvgIpc) is 2.51. The predicted molar refractivity (Wildman–Crippen MR) is 96.5 cm³/mol. The van der Waals surface area contributed by atoms with Crippen LogP contribution in [0.2, 0.25) is 0 Å². The number of hydrogen-bond donors (Lipinski definition) is 1. The Morgan fingerprint density at radius 3 is 2.42 bits per heavy atom. The highest BCUT2D eigenvalue weighted by Gasteiger charge is 2.16. The van der Waals surface area contributed by atoms with Crippen LogP contribution in [0.15, 0.2) is 54.6 Å². The first-order valence-corrected chi connectivity index (χ1v) is 9.56. The van der Waals surface area contributed by atoms with Gasteiger partial charge in [-0.15, -0.1) is 0 Å². The van der Waals surface area contributed by atoms with Crippen molar-refractivity contribution >= 4 is 21.6 Å². The number of aryl methyl sites for hydroxylation is 1. The van der Waals surface area contributed by atoms with Gasteiger partial charge in [0, 0.05) is 6.54 Å². The topological polar surface area (TPSA) is 66.5 Å². The highest BCUT2D eigenvalue weighted by molar-refractivity contribution is 7.92. The third-order valence-electron chi connectivity index (χ3n) is 3.53. The first-order valence-electron chi connectivity index (χ1n) is 7.71. The largest absolute Gasteiger partial charge is 0.354 e. The number of nitrogens with one attached hydrogen (secondary N) is 1. The van der Waals surface area contributed by atoms with Gasteiger partial charge in [-0.1, -0.05) is 48.0 Å². The Morgan fingerprint density at radius 1 is 1.08 bits per heavy atom. The average molecular weight is 346 g/mol. The highest BCUT2D eigenvalue weighted by Crippen LogP contribution is 2.15. The number of rotatable bonds is 7. The molecule has 5 nitrogen and oxygen atoms in total. The lowest BCUT2D eigenvalue weighted by atomic mass is 10.1. The maximum absolute atomic E-state index is 12.0. The summed E-state index contributed by atoms with van der Waals surface area (Å²) in [6.45, 7) is 2.43. The molecule has 2 rings (SSSR count). The van der Waals surface area contributed by atoms with E-state index in [1.807, 2.05) is 37.3 Å². The van der Waals surface area contributed by atoms with Gasteiger partial charge in [-0.05, 0) is 24.6 Å². The van der Waals surface area contributed by atoms with E-state index < -0.39 is 10.0 Å². The molecule has 0 aliphatic heterocycles. The van der Waals surface area contributed by atoms with Gasteiger partial charge in [-0.3, -0.25) is 9.10 Å². The number of hydrogen-bond acceptors (Lipinski definition) is 3. The molecule has 0 unspecified atom stereocenters. The van der Waals surface area contributed by atoms with Crippen LogP contribution in [0.25, 0.3) is 0 Å². The smallest absolute Gasteiger partial charge is 0.232 e. The van der Waals surface area contributed by atoms with E-state index in [9.17, 15) is 13.2 Å². The van der Waals surface area contributed by atoms with E-state index in [0.717, 1.165) is 17.4 Å². The lowest BCUT2D eigenvalue weighted by Gasteiger charge is -2.22. The zero-order valence-corrected chi connectivity index (χ0v) is 14.7. The zero-order chi connectivity index (χ0) is 17.6. The van der Waals surface area contributed by atoms with E-state index in [4.69, 9.17) is 0 Å². The molecule has 0 fully saturated rings. The molecule has 0 heterocycles. The van der Waals surface area contributed by atoms with Gasteiger partial charge in [0.25, 0.3) is 0 Å². The Balaban J connectivity index is 1.92. The molecule has 0 atom stereocenters. The molecule has 0 saturated heterocycles. The summed E-state index contributed by atoms with van der Waals surface area (Å²) in [6.07, 6.45) is 1.44. The van der Waals surface area contributed by atoms with Crippen molar-refractivity contribution in [3.63, 3.8) is 0 Å². The molecule has 0 aliphatic rings. The van der Waals surface area contributed by atoms with Crippen molar-refractivity contribution in [1.82, 2.24) is 5.32 Å². The van der Waals surface area contributed by atoms with E-state index in [-0.39, 0.29) is 25.4 Å². The van der Waals surface area contributed by atoms with Crippen LogP contribution in [0, 0.1) is 6.92 Å². The zero-order valence-electron chi connectivity index (χ0n) is 13.9. The molecule has 2 aromatic rings.